The SMILES string of the molecule is C=C1c2cc3c(cc2CCN1C(=O)c1c(I)ccc(OC)c1OC)OCO3. The topological polar surface area (TPSA) is 57.2 Å². The van der Waals surface area contributed by atoms with Gasteiger partial charge in [-0.3, -0.25) is 4.79 Å². The molecule has 0 spiro atoms. The molecule has 0 aliphatic carbocycles. The summed E-state index contributed by atoms with van der Waals surface area (Å²) in [6.07, 6.45) is 0.708. The first-order chi connectivity index (χ1) is 13.0. The van der Waals surface area contributed by atoms with E-state index in [1.54, 1.807) is 18.1 Å². The van der Waals surface area contributed by atoms with Gasteiger partial charge in [-0.25, -0.2) is 0 Å². The van der Waals surface area contributed by atoms with Crippen LogP contribution in [-0.2, 0) is 6.42 Å². The number of halogens is 1. The van der Waals surface area contributed by atoms with Gasteiger partial charge in [0.25, 0.3) is 5.91 Å². The first-order valence-electron chi connectivity index (χ1n) is 8.39. The lowest BCUT2D eigenvalue weighted by Gasteiger charge is -2.32. The van der Waals surface area contributed by atoms with Gasteiger partial charge in [0, 0.05) is 21.4 Å². The molecule has 0 saturated heterocycles. The molecule has 1 amide bonds. The van der Waals surface area contributed by atoms with Crippen molar-refractivity contribution in [3.63, 3.8) is 0 Å². The average Bonchev–Trinajstić information content (AvgIpc) is 3.13. The van der Waals surface area contributed by atoms with Gasteiger partial charge in [-0.15, -0.1) is 0 Å². The number of ether oxygens (including phenoxy) is 4. The normalized spacial score (nSPS) is 14.8. The molecule has 2 aromatic rings. The number of methoxy groups -OCH3 is 2. The van der Waals surface area contributed by atoms with Crippen LogP contribution in [0.3, 0.4) is 0 Å². The van der Waals surface area contributed by atoms with Crippen molar-refractivity contribution in [3.05, 3.63) is 51.1 Å². The van der Waals surface area contributed by atoms with Crippen LogP contribution in [0.2, 0.25) is 0 Å². The van der Waals surface area contributed by atoms with Gasteiger partial charge in [-0.05, 0) is 58.8 Å². The van der Waals surface area contributed by atoms with Crippen molar-refractivity contribution in [2.45, 2.75) is 6.42 Å². The minimum atomic E-state index is -0.163. The number of carbonyl (C=O) groups excluding carboxylic acids is 1. The van der Waals surface area contributed by atoms with Crippen LogP contribution in [0.4, 0.5) is 0 Å². The zero-order chi connectivity index (χ0) is 19.1. The second-order valence-corrected chi connectivity index (χ2v) is 7.34. The lowest BCUT2D eigenvalue weighted by Crippen LogP contribution is -2.35. The van der Waals surface area contributed by atoms with Crippen LogP contribution in [0.5, 0.6) is 23.0 Å². The average molecular weight is 479 g/mol. The molecular weight excluding hydrogens is 461 g/mol. The fourth-order valence-electron chi connectivity index (χ4n) is 3.43. The number of hydrogen-bond acceptors (Lipinski definition) is 5. The number of nitrogens with zero attached hydrogens (tertiary/aromatic N) is 1. The van der Waals surface area contributed by atoms with E-state index in [4.69, 9.17) is 18.9 Å². The van der Waals surface area contributed by atoms with Gasteiger partial charge in [0.05, 0.1) is 19.8 Å². The highest BCUT2D eigenvalue weighted by molar-refractivity contribution is 14.1. The van der Waals surface area contributed by atoms with E-state index in [1.807, 2.05) is 18.2 Å². The first-order valence-corrected chi connectivity index (χ1v) is 9.47. The molecule has 0 aromatic heterocycles. The third-order valence-electron chi connectivity index (χ3n) is 4.79. The van der Waals surface area contributed by atoms with Crippen molar-refractivity contribution in [3.8, 4) is 23.0 Å². The van der Waals surface area contributed by atoms with Gasteiger partial charge in [0.15, 0.2) is 23.0 Å². The number of amides is 1. The quantitative estimate of drug-likeness (QED) is 0.629. The molecule has 0 unspecified atom stereocenters. The molecule has 2 aliphatic heterocycles. The largest absolute Gasteiger partial charge is 0.493 e. The highest BCUT2D eigenvalue weighted by Gasteiger charge is 2.31. The molecule has 7 heteroatoms. The molecule has 0 atom stereocenters. The van der Waals surface area contributed by atoms with Crippen molar-refractivity contribution in [2.24, 2.45) is 0 Å². The molecule has 2 heterocycles. The van der Waals surface area contributed by atoms with Crippen LogP contribution in [-0.4, -0.2) is 38.4 Å². The molecule has 6 nitrogen and oxygen atoms in total. The predicted molar refractivity (Wildman–Crippen MR) is 109 cm³/mol. The van der Waals surface area contributed by atoms with Crippen LogP contribution in [0, 0.1) is 3.57 Å². The van der Waals surface area contributed by atoms with E-state index in [-0.39, 0.29) is 12.7 Å². The minimum absolute atomic E-state index is 0.163. The zero-order valence-corrected chi connectivity index (χ0v) is 17.2. The minimum Gasteiger partial charge on any atom is -0.493 e. The lowest BCUT2D eigenvalue weighted by atomic mass is 9.95. The van der Waals surface area contributed by atoms with E-state index in [0.717, 1.165) is 20.4 Å². The lowest BCUT2D eigenvalue weighted by molar-refractivity contribution is 0.0828. The molecular formula is C20H18INO5. The second kappa shape index (κ2) is 6.95. The Labute approximate surface area is 170 Å². The van der Waals surface area contributed by atoms with Gasteiger partial charge in [-0.2, -0.15) is 0 Å². The highest BCUT2D eigenvalue weighted by atomic mass is 127. The molecule has 0 N–H and O–H groups in total. The Morgan fingerprint density at radius 1 is 1.19 bits per heavy atom. The summed E-state index contributed by atoms with van der Waals surface area (Å²) in [5.41, 5.74) is 3.11. The number of fused-ring (bicyclic) bond motifs is 2. The Bertz CT molecular complexity index is 956. The molecule has 2 aliphatic rings. The molecule has 140 valence electrons. The summed E-state index contributed by atoms with van der Waals surface area (Å²) in [4.78, 5) is 15.1. The predicted octanol–water partition coefficient (Wildman–Crippen LogP) is 3.71. The van der Waals surface area contributed by atoms with E-state index in [1.165, 1.54) is 7.11 Å². The Kier molecular flexibility index (Phi) is 4.63. The van der Waals surface area contributed by atoms with Crippen LogP contribution in [0.25, 0.3) is 5.70 Å². The Hall–Kier alpha value is -2.42. The zero-order valence-electron chi connectivity index (χ0n) is 15.0. The third kappa shape index (κ3) is 2.90. The van der Waals surface area contributed by atoms with Gasteiger partial charge >= 0.3 is 0 Å². The number of rotatable bonds is 3. The highest BCUT2D eigenvalue weighted by Crippen LogP contribution is 2.41. The summed E-state index contributed by atoms with van der Waals surface area (Å²) < 4.78 is 22.5. The van der Waals surface area contributed by atoms with E-state index in [9.17, 15) is 4.79 Å². The number of benzene rings is 2. The Balaban J connectivity index is 1.73. The molecule has 0 bridgehead atoms. The summed E-state index contributed by atoms with van der Waals surface area (Å²) in [6, 6.07) is 7.50. The molecule has 0 fully saturated rings. The summed E-state index contributed by atoms with van der Waals surface area (Å²) in [5.74, 6) is 2.21. The fourth-order valence-corrected chi connectivity index (χ4v) is 4.09. The van der Waals surface area contributed by atoms with E-state index >= 15 is 0 Å². The molecule has 27 heavy (non-hydrogen) atoms. The number of carbonyl (C=O) groups is 1. The number of hydrogen-bond donors (Lipinski definition) is 0. The second-order valence-electron chi connectivity index (χ2n) is 6.17. The van der Waals surface area contributed by atoms with Crippen molar-refractivity contribution < 1.29 is 23.7 Å². The molecule has 4 rings (SSSR count). The van der Waals surface area contributed by atoms with Crippen molar-refractivity contribution >= 4 is 34.2 Å². The summed E-state index contributed by atoms with van der Waals surface area (Å²) >= 11 is 2.14. The maximum atomic E-state index is 13.4. The summed E-state index contributed by atoms with van der Waals surface area (Å²) in [5, 5.41) is 0. The standard InChI is InChI=1S/C20H18INO5/c1-11-13-9-17-16(26-10-27-17)8-12(13)6-7-22(11)20(23)18-14(21)4-5-15(24-2)19(18)25-3/h4-5,8-9H,1,6-7,10H2,2-3H3. The molecule has 0 radical (unpaired) electrons. The summed E-state index contributed by atoms with van der Waals surface area (Å²) in [6.45, 7) is 4.91. The van der Waals surface area contributed by atoms with Crippen molar-refractivity contribution in [2.75, 3.05) is 27.6 Å². The van der Waals surface area contributed by atoms with Gasteiger partial charge in [0.2, 0.25) is 6.79 Å². The fraction of sp³-hybridized carbons (Fsp3) is 0.250. The van der Waals surface area contributed by atoms with Crippen LogP contribution < -0.4 is 18.9 Å². The van der Waals surface area contributed by atoms with Crippen LogP contribution >= 0.6 is 22.6 Å². The van der Waals surface area contributed by atoms with Gasteiger partial charge in [-0.1, -0.05) is 6.58 Å². The van der Waals surface area contributed by atoms with E-state index in [0.29, 0.717) is 41.5 Å². The monoisotopic (exact) mass is 479 g/mol. The molecule has 0 saturated carbocycles. The summed E-state index contributed by atoms with van der Waals surface area (Å²) in [7, 11) is 3.09. The maximum absolute atomic E-state index is 13.4. The van der Waals surface area contributed by atoms with Crippen molar-refractivity contribution in [1.82, 2.24) is 4.90 Å². The smallest absolute Gasteiger partial charge is 0.263 e. The van der Waals surface area contributed by atoms with Gasteiger partial charge < -0.3 is 23.8 Å². The van der Waals surface area contributed by atoms with Crippen LogP contribution in [0.15, 0.2) is 30.8 Å². The van der Waals surface area contributed by atoms with E-state index in [2.05, 4.69) is 29.2 Å². The third-order valence-corrected chi connectivity index (χ3v) is 5.69. The van der Waals surface area contributed by atoms with Crippen molar-refractivity contribution in [1.29, 1.82) is 0 Å². The Morgan fingerprint density at radius 3 is 2.63 bits per heavy atom. The molecule has 2 aromatic carbocycles. The Morgan fingerprint density at radius 2 is 1.93 bits per heavy atom. The van der Waals surface area contributed by atoms with Crippen LogP contribution in [0.1, 0.15) is 21.5 Å². The maximum Gasteiger partial charge on any atom is 0.263 e. The van der Waals surface area contributed by atoms with E-state index < -0.39 is 0 Å². The van der Waals surface area contributed by atoms with Gasteiger partial charge in [0.1, 0.15) is 0 Å². The first kappa shape index (κ1) is 18.0.